The van der Waals surface area contributed by atoms with Crippen LogP contribution in [0.3, 0.4) is 0 Å². The third-order valence-corrected chi connectivity index (χ3v) is 12.7. The third-order valence-electron chi connectivity index (χ3n) is 12.7. The zero-order valence-corrected chi connectivity index (χ0v) is 36.0. The van der Waals surface area contributed by atoms with Crippen molar-refractivity contribution in [3.05, 3.63) is 224 Å². The Morgan fingerprint density at radius 3 is 1.34 bits per heavy atom. The number of hydrogen-bond acceptors (Lipinski definition) is 6. The summed E-state index contributed by atoms with van der Waals surface area (Å²) in [7, 11) is 0. The van der Waals surface area contributed by atoms with Crippen LogP contribution in [-0.4, -0.2) is 24.9 Å². The van der Waals surface area contributed by atoms with E-state index >= 15 is 0 Å². The molecule has 0 radical (unpaired) electrons. The van der Waals surface area contributed by atoms with E-state index in [-0.39, 0.29) is 0 Å². The van der Waals surface area contributed by atoms with Gasteiger partial charge in [-0.3, -0.25) is 0 Å². The molecule has 10 aromatic carbocycles. The summed E-state index contributed by atoms with van der Waals surface area (Å²) in [5.41, 5.74) is 11.0. The van der Waals surface area contributed by atoms with Gasteiger partial charge in [-0.15, -0.1) is 0 Å². The van der Waals surface area contributed by atoms with Gasteiger partial charge in [-0.2, -0.15) is 0 Å². The van der Waals surface area contributed by atoms with Crippen molar-refractivity contribution >= 4 is 54.3 Å². The van der Waals surface area contributed by atoms with Gasteiger partial charge in [0.1, 0.15) is 11.2 Å². The van der Waals surface area contributed by atoms with Crippen LogP contribution >= 0.6 is 0 Å². The predicted octanol–water partition coefficient (Wildman–Crippen LogP) is 15.7. The normalized spacial score (nSPS) is 11.6. The van der Waals surface area contributed by atoms with Crippen LogP contribution in [0.15, 0.2) is 229 Å². The monoisotopic (exact) mass is 855 g/mol. The van der Waals surface area contributed by atoms with Gasteiger partial charge in [0.2, 0.25) is 0 Å². The van der Waals surface area contributed by atoms with Gasteiger partial charge < -0.3 is 4.42 Å². The zero-order valence-electron chi connectivity index (χ0n) is 36.0. The second-order valence-corrected chi connectivity index (χ2v) is 16.9. The van der Waals surface area contributed by atoms with Crippen molar-refractivity contribution in [2.75, 3.05) is 0 Å². The highest BCUT2D eigenvalue weighted by Gasteiger charge is 2.17. The maximum absolute atomic E-state index is 6.60. The van der Waals surface area contributed by atoms with E-state index in [0.29, 0.717) is 23.3 Å². The molecule has 312 valence electrons. The standard InChI is InChI=1S/C61H37N5O/c1-2-15-41(16-3-1)58-62-54(37-55(63-58)47-29-30-52-53-31-28-40-14-8-9-23-51(40)57(53)67-56(52)36-47)46-21-10-19-44(32-46)45-20-11-22-48(35-45)59-64-60(49-26-24-38-12-4-6-17-42(38)33-49)66-61(65-59)50-27-25-39-13-5-7-18-43(39)34-50/h1-37H. The van der Waals surface area contributed by atoms with Crippen LogP contribution in [0.25, 0.3) is 133 Å². The minimum Gasteiger partial charge on any atom is -0.455 e. The Morgan fingerprint density at radius 1 is 0.239 bits per heavy atom. The van der Waals surface area contributed by atoms with E-state index in [2.05, 4.69) is 206 Å². The number of furan rings is 1. The second-order valence-electron chi connectivity index (χ2n) is 16.9. The highest BCUT2D eigenvalue weighted by molar-refractivity contribution is 6.15. The van der Waals surface area contributed by atoms with Crippen molar-refractivity contribution < 1.29 is 4.42 Å². The molecular weight excluding hydrogens is 819 g/mol. The molecule has 0 N–H and O–H groups in total. The SMILES string of the molecule is c1ccc(-c2nc(-c3cccc(-c4cccc(-c5nc(-c6ccc7ccccc7c6)nc(-c6ccc7ccccc7c6)n5)c4)c3)cc(-c3ccc4c(c3)oc3c5ccccc5ccc43)n2)cc1. The number of hydrogen-bond donors (Lipinski definition) is 0. The molecule has 0 saturated carbocycles. The van der Waals surface area contributed by atoms with Gasteiger partial charge in [0.15, 0.2) is 23.3 Å². The molecule has 0 unspecified atom stereocenters. The van der Waals surface area contributed by atoms with E-state index in [1.807, 2.05) is 18.2 Å². The van der Waals surface area contributed by atoms with Gasteiger partial charge in [0.05, 0.1) is 11.4 Å². The molecule has 0 aliphatic carbocycles. The summed E-state index contributed by atoms with van der Waals surface area (Å²) in [6, 6.07) is 77.7. The van der Waals surface area contributed by atoms with E-state index in [4.69, 9.17) is 29.3 Å². The molecule has 0 saturated heterocycles. The fourth-order valence-corrected chi connectivity index (χ4v) is 9.24. The largest absolute Gasteiger partial charge is 0.455 e. The molecule has 6 heteroatoms. The highest BCUT2D eigenvalue weighted by atomic mass is 16.3. The molecule has 3 heterocycles. The van der Waals surface area contributed by atoms with Gasteiger partial charge in [-0.05, 0) is 86.6 Å². The molecule has 6 nitrogen and oxygen atoms in total. The van der Waals surface area contributed by atoms with Gasteiger partial charge in [0.25, 0.3) is 0 Å². The van der Waals surface area contributed by atoms with Gasteiger partial charge >= 0.3 is 0 Å². The summed E-state index contributed by atoms with van der Waals surface area (Å²) in [6.45, 7) is 0. The topological polar surface area (TPSA) is 77.6 Å². The second kappa shape index (κ2) is 15.8. The van der Waals surface area contributed by atoms with Crippen LogP contribution in [-0.2, 0) is 0 Å². The van der Waals surface area contributed by atoms with Crippen LogP contribution in [0, 0.1) is 0 Å². The summed E-state index contributed by atoms with van der Waals surface area (Å²) in [4.78, 5) is 25.7. The summed E-state index contributed by atoms with van der Waals surface area (Å²) >= 11 is 0. The van der Waals surface area contributed by atoms with Crippen molar-refractivity contribution in [3.8, 4) is 79.2 Å². The van der Waals surface area contributed by atoms with Crippen molar-refractivity contribution in [3.63, 3.8) is 0 Å². The fourth-order valence-electron chi connectivity index (χ4n) is 9.24. The smallest absolute Gasteiger partial charge is 0.164 e. The Labute approximate surface area is 385 Å². The molecule has 3 aromatic heterocycles. The summed E-state index contributed by atoms with van der Waals surface area (Å²) < 4.78 is 6.60. The van der Waals surface area contributed by atoms with Crippen LogP contribution in [0.1, 0.15) is 0 Å². The first-order chi connectivity index (χ1) is 33.1. The number of benzene rings is 10. The number of rotatable bonds is 7. The van der Waals surface area contributed by atoms with Crippen molar-refractivity contribution in [2.45, 2.75) is 0 Å². The first-order valence-electron chi connectivity index (χ1n) is 22.4. The molecule has 0 spiro atoms. The lowest BCUT2D eigenvalue weighted by molar-refractivity contribution is 0.673. The van der Waals surface area contributed by atoms with Crippen molar-refractivity contribution in [1.29, 1.82) is 0 Å². The summed E-state index contributed by atoms with van der Waals surface area (Å²) in [5.74, 6) is 2.48. The molecular formula is C61H37N5O. The van der Waals surface area contributed by atoms with Crippen LogP contribution in [0.5, 0.6) is 0 Å². The Balaban J connectivity index is 0.905. The van der Waals surface area contributed by atoms with Gasteiger partial charge in [-0.1, -0.05) is 176 Å². The van der Waals surface area contributed by atoms with Gasteiger partial charge in [0, 0.05) is 49.5 Å². The fraction of sp³-hybridized carbons (Fsp3) is 0. The quantitative estimate of drug-likeness (QED) is 0.159. The lowest BCUT2D eigenvalue weighted by Crippen LogP contribution is -2.00. The first-order valence-corrected chi connectivity index (χ1v) is 22.4. The van der Waals surface area contributed by atoms with E-state index in [1.165, 1.54) is 0 Å². The molecule has 13 rings (SSSR count). The number of nitrogens with zero attached hydrogens (tertiary/aromatic N) is 5. The Hall–Kier alpha value is -9.13. The average Bonchev–Trinajstić information content (AvgIpc) is 3.79. The molecule has 0 atom stereocenters. The zero-order chi connectivity index (χ0) is 44.3. The molecule has 0 bridgehead atoms. The van der Waals surface area contributed by atoms with Crippen LogP contribution in [0.2, 0.25) is 0 Å². The molecule has 0 aliphatic rings. The first kappa shape index (κ1) is 38.3. The Morgan fingerprint density at radius 2 is 0.687 bits per heavy atom. The van der Waals surface area contributed by atoms with E-state index in [0.717, 1.165) is 110 Å². The average molecular weight is 856 g/mol. The minimum absolute atomic E-state index is 0.599. The van der Waals surface area contributed by atoms with E-state index < -0.39 is 0 Å². The number of aromatic nitrogens is 5. The molecule has 67 heavy (non-hydrogen) atoms. The van der Waals surface area contributed by atoms with E-state index in [9.17, 15) is 0 Å². The lowest BCUT2D eigenvalue weighted by atomic mass is 9.98. The lowest BCUT2D eigenvalue weighted by Gasteiger charge is -2.12. The molecule has 0 fully saturated rings. The third kappa shape index (κ3) is 7.05. The Kier molecular flexibility index (Phi) is 9.06. The van der Waals surface area contributed by atoms with Crippen LogP contribution in [0.4, 0.5) is 0 Å². The van der Waals surface area contributed by atoms with Gasteiger partial charge in [-0.25, -0.2) is 24.9 Å². The summed E-state index contributed by atoms with van der Waals surface area (Å²) in [6.07, 6.45) is 0. The maximum atomic E-state index is 6.60. The minimum atomic E-state index is 0.599. The predicted molar refractivity (Wildman–Crippen MR) is 273 cm³/mol. The highest BCUT2D eigenvalue weighted by Crippen LogP contribution is 2.38. The Bertz CT molecular complexity index is 3970. The van der Waals surface area contributed by atoms with Crippen LogP contribution < -0.4 is 0 Å². The maximum Gasteiger partial charge on any atom is 0.164 e. The molecule has 0 aliphatic heterocycles. The molecule has 0 amide bonds. The molecule has 13 aromatic rings. The van der Waals surface area contributed by atoms with E-state index in [1.54, 1.807) is 0 Å². The van der Waals surface area contributed by atoms with Crippen molar-refractivity contribution in [2.24, 2.45) is 0 Å². The summed E-state index contributed by atoms with van der Waals surface area (Å²) in [5, 5.41) is 9.01. The van der Waals surface area contributed by atoms with Crippen molar-refractivity contribution in [1.82, 2.24) is 24.9 Å². The number of fused-ring (bicyclic) bond motifs is 7.